The number of rotatable bonds is 6. The van der Waals surface area contributed by atoms with E-state index in [0.717, 1.165) is 0 Å². The zero-order chi connectivity index (χ0) is 18.0. The number of thiophene rings is 1. The molecular formula is C18H15ClN2O2S2. The molecule has 4 nitrogen and oxygen atoms in total. The van der Waals surface area contributed by atoms with Crippen LogP contribution >= 0.6 is 34.7 Å². The number of carbonyl (C=O) groups excluding carboxylic acids is 1. The summed E-state index contributed by atoms with van der Waals surface area (Å²) in [6, 6.07) is 8.60. The maximum absolute atomic E-state index is 12.6. The lowest BCUT2D eigenvalue weighted by molar-refractivity contribution is 0.0994. The molecular weight excluding hydrogens is 376 g/mol. The number of halogens is 1. The first kappa shape index (κ1) is 17.9. The Labute approximate surface area is 158 Å². The van der Waals surface area contributed by atoms with Crippen LogP contribution in [0.4, 0.5) is 0 Å². The molecule has 2 heterocycles. The van der Waals surface area contributed by atoms with Crippen molar-refractivity contribution in [3.8, 4) is 0 Å². The fourth-order valence-electron chi connectivity index (χ4n) is 2.36. The zero-order valence-electron chi connectivity index (χ0n) is 13.4. The number of hydrogen-bond acceptors (Lipinski definition) is 5. The quantitative estimate of drug-likeness (QED) is 0.266. The molecule has 0 N–H and O–H groups in total. The van der Waals surface area contributed by atoms with E-state index in [-0.39, 0.29) is 16.6 Å². The lowest BCUT2D eigenvalue weighted by atomic mass is 10.1. The van der Waals surface area contributed by atoms with Crippen LogP contribution in [0, 0.1) is 0 Å². The van der Waals surface area contributed by atoms with Crippen molar-refractivity contribution in [2.75, 3.05) is 0 Å². The predicted molar refractivity (Wildman–Crippen MR) is 105 cm³/mol. The third-order valence-corrected chi connectivity index (χ3v) is 5.86. The van der Waals surface area contributed by atoms with E-state index >= 15 is 0 Å². The monoisotopic (exact) mass is 390 g/mol. The second-order valence-corrected chi connectivity index (χ2v) is 8.03. The van der Waals surface area contributed by atoms with Gasteiger partial charge in [-0.3, -0.25) is 14.2 Å². The molecule has 128 valence electrons. The van der Waals surface area contributed by atoms with E-state index < -0.39 is 0 Å². The standard InChI is InChI=1S/C18H15ClN2O2S2/c1-3-9-21-17(23)16-14(8-10-24-16)20-18(21)25-11(2)15(22)12-4-6-13(19)7-5-12/h3-8,10-11H,1,9H2,2H3. The van der Waals surface area contributed by atoms with Gasteiger partial charge in [0.15, 0.2) is 10.9 Å². The molecule has 1 aromatic carbocycles. The van der Waals surface area contributed by atoms with Crippen LogP contribution in [0.5, 0.6) is 0 Å². The van der Waals surface area contributed by atoms with Crippen molar-refractivity contribution in [1.82, 2.24) is 9.55 Å². The van der Waals surface area contributed by atoms with Gasteiger partial charge in [0.1, 0.15) is 4.70 Å². The van der Waals surface area contributed by atoms with Gasteiger partial charge in [0.05, 0.1) is 10.8 Å². The Morgan fingerprint density at radius 3 is 2.80 bits per heavy atom. The van der Waals surface area contributed by atoms with E-state index in [1.54, 1.807) is 34.9 Å². The highest BCUT2D eigenvalue weighted by Gasteiger charge is 2.20. The van der Waals surface area contributed by atoms with E-state index in [1.165, 1.54) is 23.1 Å². The van der Waals surface area contributed by atoms with Crippen molar-refractivity contribution < 1.29 is 4.79 Å². The van der Waals surface area contributed by atoms with Crippen LogP contribution in [0.2, 0.25) is 5.02 Å². The minimum atomic E-state index is -0.389. The van der Waals surface area contributed by atoms with Crippen molar-refractivity contribution in [3.63, 3.8) is 0 Å². The Morgan fingerprint density at radius 1 is 1.40 bits per heavy atom. The van der Waals surface area contributed by atoms with E-state index in [1.807, 2.05) is 18.4 Å². The highest BCUT2D eigenvalue weighted by Crippen LogP contribution is 2.26. The number of benzene rings is 1. The molecule has 2 aromatic heterocycles. The molecule has 0 saturated heterocycles. The molecule has 0 aliphatic carbocycles. The number of fused-ring (bicyclic) bond motifs is 1. The summed E-state index contributed by atoms with van der Waals surface area (Å²) < 4.78 is 2.17. The number of hydrogen-bond donors (Lipinski definition) is 0. The van der Waals surface area contributed by atoms with Crippen LogP contribution in [0.15, 0.2) is 58.3 Å². The smallest absolute Gasteiger partial charge is 0.272 e. The summed E-state index contributed by atoms with van der Waals surface area (Å²) in [6.45, 7) is 5.86. The maximum Gasteiger partial charge on any atom is 0.272 e. The Bertz CT molecular complexity index is 992. The first-order chi connectivity index (χ1) is 12.0. The molecule has 3 rings (SSSR count). The van der Waals surface area contributed by atoms with Gasteiger partial charge in [-0.15, -0.1) is 17.9 Å². The van der Waals surface area contributed by atoms with Gasteiger partial charge in [0.2, 0.25) is 0 Å². The van der Waals surface area contributed by atoms with E-state index in [0.29, 0.717) is 32.5 Å². The second-order valence-electron chi connectivity index (χ2n) is 5.36. The van der Waals surface area contributed by atoms with Crippen LogP contribution < -0.4 is 5.56 Å². The molecule has 3 aromatic rings. The first-order valence-electron chi connectivity index (χ1n) is 7.56. The van der Waals surface area contributed by atoms with Crippen molar-refractivity contribution in [3.05, 3.63) is 69.3 Å². The minimum Gasteiger partial charge on any atom is -0.293 e. The Morgan fingerprint density at radius 2 is 2.12 bits per heavy atom. The third kappa shape index (κ3) is 3.71. The van der Waals surface area contributed by atoms with Crippen LogP contribution in [0.25, 0.3) is 10.2 Å². The van der Waals surface area contributed by atoms with Crippen LogP contribution in [-0.2, 0) is 6.54 Å². The van der Waals surface area contributed by atoms with Gasteiger partial charge < -0.3 is 0 Å². The summed E-state index contributed by atoms with van der Waals surface area (Å²) in [5.74, 6) is -0.0357. The van der Waals surface area contributed by atoms with Gasteiger partial charge in [-0.25, -0.2) is 4.98 Å². The zero-order valence-corrected chi connectivity index (χ0v) is 15.8. The van der Waals surface area contributed by atoms with Gasteiger partial charge in [0, 0.05) is 17.1 Å². The number of ketones is 1. The van der Waals surface area contributed by atoms with E-state index in [9.17, 15) is 9.59 Å². The van der Waals surface area contributed by atoms with Crippen LogP contribution in [0.3, 0.4) is 0 Å². The lowest BCUT2D eigenvalue weighted by Gasteiger charge is -2.14. The van der Waals surface area contributed by atoms with Crippen molar-refractivity contribution in [2.45, 2.75) is 23.9 Å². The van der Waals surface area contributed by atoms with Gasteiger partial charge in [-0.05, 0) is 42.6 Å². The summed E-state index contributed by atoms with van der Waals surface area (Å²) in [7, 11) is 0. The number of nitrogens with zero attached hydrogens (tertiary/aromatic N) is 2. The fraction of sp³-hybridized carbons (Fsp3) is 0.167. The molecule has 0 fully saturated rings. The number of thioether (sulfide) groups is 1. The highest BCUT2D eigenvalue weighted by atomic mass is 35.5. The van der Waals surface area contributed by atoms with E-state index in [2.05, 4.69) is 11.6 Å². The number of allylic oxidation sites excluding steroid dienone is 1. The molecule has 25 heavy (non-hydrogen) atoms. The summed E-state index contributed by atoms with van der Waals surface area (Å²) in [5.41, 5.74) is 1.14. The molecule has 1 atom stereocenters. The van der Waals surface area contributed by atoms with E-state index in [4.69, 9.17) is 11.6 Å². The van der Waals surface area contributed by atoms with Crippen molar-refractivity contribution >= 4 is 50.7 Å². The molecule has 0 saturated carbocycles. The van der Waals surface area contributed by atoms with Gasteiger partial charge in [-0.1, -0.05) is 29.4 Å². The third-order valence-electron chi connectivity index (χ3n) is 3.62. The van der Waals surface area contributed by atoms with Crippen molar-refractivity contribution in [1.29, 1.82) is 0 Å². The van der Waals surface area contributed by atoms with Crippen LogP contribution in [-0.4, -0.2) is 20.6 Å². The minimum absolute atomic E-state index is 0.0357. The normalized spacial score (nSPS) is 12.2. The molecule has 0 bridgehead atoms. The van der Waals surface area contributed by atoms with Gasteiger partial charge >= 0.3 is 0 Å². The van der Waals surface area contributed by atoms with Gasteiger partial charge in [-0.2, -0.15) is 0 Å². The molecule has 0 amide bonds. The molecule has 1 unspecified atom stereocenters. The summed E-state index contributed by atoms with van der Waals surface area (Å²) in [4.78, 5) is 29.8. The maximum atomic E-state index is 12.6. The average Bonchev–Trinajstić information content (AvgIpc) is 3.07. The largest absolute Gasteiger partial charge is 0.293 e. The fourth-order valence-corrected chi connectivity index (χ4v) is 4.26. The number of aromatic nitrogens is 2. The summed E-state index contributed by atoms with van der Waals surface area (Å²) >= 11 is 8.51. The second kappa shape index (κ2) is 7.56. The highest BCUT2D eigenvalue weighted by molar-refractivity contribution is 8.00. The molecule has 0 aliphatic rings. The summed E-state index contributed by atoms with van der Waals surface area (Å²) in [6.07, 6.45) is 1.65. The molecule has 0 spiro atoms. The SMILES string of the molecule is C=CCn1c(SC(C)C(=O)c2ccc(Cl)cc2)nc2ccsc2c1=O. The number of Topliss-reactive ketones (excluding diaryl/α,β-unsaturated/α-hetero) is 1. The number of carbonyl (C=O) groups is 1. The summed E-state index contributed by atoms with van der Waals surface area (Å²) in [5, 5.41) is 2.56. The van der Waals surface area contributed by atoms with Gasteiger partial charge in [0.25, 0.3) is 5.56 Å². The molecule has 0 aliphatic heterocycles. The van der Waals surface area contributed by atoms with Crippen LogP contribution in [0.1, 0.15) is 17.3 Å². The Balaban J connectivity index is 1.94. The Hall–Kier alpha value is -1.89. The topological polar surface area (TPSA) is 52.0 Å². The Kier molecular flexibility index (Phi) is 5.42. The average molecular weight is 391 g/mol. The first-order valence-corrected chi connectivity index (χ1v) is 9.70. The van der Waals surface area contributed by atoms with Crippen molar-refractivity contribution in [2.24, 2.45) is 0 Å². The molecule has 7 heteroatoms. The predicted octanol–water partition coefficient (Wildman–Crippen LogP) is 4.66. The molecule has 0 radical (unpaired) electrons. The lowest BCUT2D eigenvalue weighted by Crippen LogP contribution is -2.24.